The maximum Gasteiger partial charge on any atom is 0.417 e. The average molecular weight is 277 g/mol. The van der Waals surface area contributed by atoms with Gasteiger partial charge in [0.1, 0.15) is 6.61 Å². The van der Waals surface area contributed by atoms with Gasteiger partial charge in [0.15, 0.2) is 0 Å². The summed E-state index contributed by atoms with van der Waals surface area (Å²) in [5.41, 5.74) is -0.154. The van der Waals surface area contributed by atoms with Gasteiger partial charge >= 0.3 is 6.09 Å². The fourth-order valence-corrected chi connectivity index (χ4v) is 3.94. The van der Waals surface area contributed by atoms with Gasteiger partial charge in [-0.05, 0) is 29.6 Å². The molecule has 4 nitrogen and oxygen atoms in total. The molecule has 0 radical (unpaired) electrons. The van der Waals surface area contributed by atoms with Crippen molar-refractivity contribution in [2.24, 2.45) is 29.1 Å². The van der Waals surface area contributed by atoms with Crippen LogP contribution in [0.15, 0.2) is 12.2 Å². The average Bonchev–Trinajstić information content (AvgIpc) is 3.00. The number of hydrogen-bond acceptors (Lipinski definition) is 3. The number of carbonyl (C=O) groups excluding carboxylic acids is 2. The molecule has 110 valence electrons. The lowest BCUT2D eigenvalue weighted by atomic mass is 9.81. The summed E-state index contributed by atoms with van der Waals surface area (Å²) >= 11 is 0. The predicted octanol–water partition coefficient (Wildman–Crippen LogP) is 2.84. The van der Waals surface area contributed by atoms with Crippen molar-refractivity contribution < 1.29 is 14.3 Å². The molecule has 2 aliphatic carbocycles. The second-order valence-electron chi connectivity index (χ2n) is 7.50. The minimum atomic E-state index is -0.464. The van der Waals surface area contributed by atoms with Crippen LogP contribution in [0.4, 0.5) is 4.79 Å². The van der Waals surface area contributed by atoms with Crippen LogP contribution < -0.4 is 0 Å². The molecule has 0 spiro atoms. The third-order valence-corrected chi connectivity index (χ3v) is 5.25. The number of ether oxygens (including phenoxy) is 1. The number of cyclic esters (lactones) is 1. The first kappa shape index (κ1) is 13.7. The van der Waals surface area contributed by atoms with Crippen molar-refractivity contribution in [3.63, 3.8) is 0 Å². The number of carbonyl (C=O) groups is 2. The molecule has 2 bridgehead atoms. The van der Waals surface area contributed by atoms with Gasteiger partial charge in [-0.1, -0.05) is 39.8 Å². The Morgan fingerprint density at radius 3 is 2.50 bits per heavy atom. The van der Waals surface area contributed by atoms with Crippen molar-refractivity contribution in [1.29, 1.82) is 0 Å². The highest BCUT2D eigenvalue weighted by molar-refractivity contribution is 5.95. The van der Waals surface area contributed by atoms with E-state index in [4.69, 9.17) is 4.74 Å². The van der Waals surface area contributed by atoms with Crippen LogP contribution in [0.5, 0.6) is 0 Å². The predicted molar refractivity (Wildman–Crippen MR) is 74.8 cm³/mol. The van der Waals surface area contributed by atoms with E-state index in [0.717, 1.165) is 6.42 Å². The second kappa shape index (κ2) is 4.34. The Labute approximate surface area is 120 Å². The summed E-state index contributed by atoms with van der Waals surface area (Å²) < 4.78 is 5.15. The van der Waals surface area contributed by atoms with E-state index in [1.807, 2.05) is 20.8 Å². The molecule has 3 aliphatic rings. The zero-order valence-electron chi connectivity index (χ0n) is 12.6. The standard InChI is InChI=1S/C16H23NO3/c1-9-10-5-6-11(7-10)13(9)14(18)17-12(16(2,3)4)8-20-15(17)19/h5-6,9-13H,7-8H2,1-4H3/t9-,10-,11+,12+,13+/m0/s1. The highest BCUT2D eigenvalue weighted by atomic mass is 16.6. The lowest BCUT2D eigenvalue weighted by molar-refractivity contribution is -0.137. The molecule has 1 heterocycles. The quantitative estimate of drug-likeness (QED) is 0.692. The van der Waals surface area contributed by atoms with E-state index < -0.39 is 6.09 Å². The number of allylic oxidation sites excluding steroid dienone is 2. The SMILES string of the molecule is C[C@@H]1[C@@H](C(=O)N2C(=O)OC[C@@H]2C(C)(C)C)[C@@H]2C=C[C@H]1C2. The van der Waals surface area contributed by atoms with Gasteiger partial charge in [0.25, 0.3) is 0 Å². The monoisotopic (exact) mass is 277 g/mol. The summed E-state index contributed by atoms with van der Waals surface area (Å²) in [6.07, 6.45) is 4.97. The van der Waals surface area contributed by atoms with Crippen molar-refractivity contribution in [1.82, 2.24) is 4.90 Å². The smallest absolute Gasteiger partial charge is 0.417 e. The third kappa shape index (κ3) is 1.88. The van der Waals surface area contributed by atoms with Gasteiger partial charge in [-0.15, -0.1) is 0 Å². The Bertz CT molecular complexity index is 477. The van der Waals surface area contributed by atoms with Crippen LogP contribution in [0.2, 0.25) is 0 Å². The minimum Gasteiger partial charge on any atom is -0.447 e. The number of fused-ring (bicyclic) bond motifs is 2. The fourth-order valence-electron chi connectivity index (χ4n) is 3.94. The van der Waals surface area contributed by atoms with Crippen LogP contribution in [-0.4, -0.2) is 29.5 Å². The molecule has 1 saturated carbocycles. The molecular formula is C16H23NO3. The molecule has 0 aromatic carbocycles. The van der Waals surface area contributed by atoms with Crippen LogP contribution in [0.1, 0.15) is 34.1 Å². The highest BCUT2D eigenvalue weighted by Crippen LogP contribution is 2.49. The normalized spacial score (nSPS) is 39.5. The van der Waals surface area contributed by atoms with E-state index in [-0.39, 0.29) is 23.3 Å². The molecule has 1 aliphatic heterocycles. The molecule has 1 saturated heterocycles. The van der Waals surface area contributed by atoms with Crippen molar-refractivity contribution in [3.05, 3.63) is 12.2 Å². The van der Waals surface area contributed by atoms with Crippen LogP contribution >= 0.6 is 0 Å². The van der Waals surface area contributed by atoms with E-state index in [9.17, 15) is 9.59 Å². The van der Waals surface area contributed by atoms with E-state index in [0.29, 0.717) is 24.4 Å². The largest absolute Gasteiger partial charge is 0.447 e. The van der Waals surface area contributed by atoms with Crippen molar-refractivity contribution in [3.8, 4) is 0 Å². The van der Waals surface area contributed by atoms with E-state index in [2.05, 4.69) is 19.1 Å². The Morgan fingerprint density at radius 1 is 1.30 bits per heavy atom. The lowest BCUT2D eigenvalue weighted by Crippen LogP contribution is -2.49. The Morgan fingerprint density at radius 2 is 1.95 bits per heavy atom. The van der Waals surface area contributed by atoms with Gasteiger partial charge in [0, 0.05) is 5.92 Å². The van der Waals surface area contributed by atoms with Gasteiger partial charge in [-0.2, -0.15) is 0 Å². The molecule has 2 amide bonds. The van der Waals surface area contributed by atoms with Gasteiger partial charge in [-0.25, -0.2) is 9.69 Å². The molecule has 0 aromatic heterocycles. The van der Waals surface area contributed by atoms with Crippen LogP contribution in [0.3, 0.4) is 0 Å². The van der Waals surface area contributed by atoms with Gasteiger partial charge in [0.05, 0.1) is 6.04 Å². The summed E-state index contributed by atoms with van der Waals surface area (Å²) in [7, 11) is 0. The number of amides is 2. The van der Waals surface area contributed by atoms with Crippen LogP contribution in [-0.2, 0) is 9.53 Å². The first-order valence-electron chi connectivity index (χ1n) is 7.49. The van der Waals surface area contributed by atoms with Crippen LogP contribution in [0.25, 0.3) is 0 Å². The first-order valence-corrected chi connectivity index (χ1v) is 7.49. The van der Waals surface area contributed by atoms with Crippen molar-refractivity contribution in [2.45, 2.75) is 40.2 Å². The molecule has 5 atom stereocenters. The summed E-state index contributed by atoms with van der Waals surface area (Å²) in [5.74, 6) is 1.04. The second-order valence-corrected chi connectivity index (χ2v) is 7.50. The topological polar surface area (TPSA) is 46.6 Å². The molecule has 4 heteroatoms. The number of nitrogens with zero attached hydrogens (tertiary/aromatic N) is 1. The van der Waals surface area contributed by atoms with Crippen LogP contribution in [0, 0.1) is 29.1 Å². The van der Waals surface area contributed by atoms with Crippen molar-refractivity contribution in [2.75, 3.05) is 6.61 Å². The molecule has 3 rings (SSSR count). The van der Waals surface area contributed by atoms with Gasteiger partial charge < -0.3 is 4.74 Å². The molecule has 0 aromatic rings. The van der Waals surface area contributed by atoms with E-state index in [1.165, 1.54) is 4.90 Å². The van der Waals surface area contributed by atoms with E-state index in [1.54, 1.807) is 0 Å². The first-order chi connectivity index (χ1) is 9.30. The summed E-state index contributed by atoms with van der Waals surface area (Å²) in [5, 5.41) is 0. The Balaban J connectivity index is 1.86. The summed E-state index contributed by atoms with van der Waals surface area (Å²) in [6, 6.07) is -0.155. The number of imide groups is 1. The molecular weight excluding hydrogens is 254 g/mol. The lowest BCUT2D eigenvalue weighted by Gasteiger charge is -2.34. The molecule has 2 fully saturated rings. The van der Waals surface area contributed by atoms with Gasteiger partial charge in [-0.3, -0.25) is 4.79 Å². The maximum absolute atomic E-state index is 12.9. The minimum absolute atomic E-state index is 0.0308. The summed E-state index contributed by atoms with van der Waals surface area (Å²) in [4.78, 5) is 26.3. The number of hydrogen-bond donors (Lipinski definition) is 0. The molecule has 0 unspecified atom stereocenters. The zero-order chi connectivity index (χ0) is 14.7. The zero-order valence-corrected chi connectivity index (χ0v) is 12.6. The Kier molecular flexibility index (Phi) is 2.96. The maximum atomic E-state index is 12.9. The molecule has 0 N–H and O–H groups in total. The molecule has 20 heavy (non-hydrogen) atoms. The van der Waals surface area contributed by atoms with E-state index >= 15 is 0 Å². The van der Waals surface area contributed by atoms with Gasteiger partial charge in [0.2, 0.25) is 5.91 Å². The number of rotatable bonds is 1. The van der Waals surface area contributed by atoms with Crippen molar-refractivity contribution >= 4 is 12.0 Å². The Hall–Kier alpha value is -1.32. The summed E-state index contributed by atoms with van der Waals surface area (Å²) in [6.45, 7) is 8.58. The third-order valence-electron chi connectivity index (χ3n) is 5.25. The fraction of sp³-hybridized carbons (Fsp3) is 0.750. The highest BCUT2D eigenvalue weighted by Gasteiger charge is 2.52.